The highest BCUT2D eigenvalue weighted by Crippen LogP contribution is 2.64. The molecule has 3 fully saturated rings. The molecule has 2 bridgehead atoms. The van der Waals surface area contributed by atoms with Gasteiger partial charge in [-0.25, -0.2) is 0 Å². The van der Waals surface area contributed by atoms with E-state index in [0.717, 1.165) is 12.3 Å². The second kappa shape index (κ2) is 4.71. The van der Waals surface area contributed by atoms with Gasteiger partial charge in [0.05, 0.1) is 12.2 Å². The van der Waals surface area contributed by atoms with Crippen molar-refractivity contribution in [2.75, 3.05) is 0 Å². The molecular weight excluding hydrogens is 260 g/mol. The summed E-state index contributed by atoms with van der Waals surface area (Å²) in [5.74, 6) is 1.51. The van der Waals surface area contributed by atoms with Crippen LogP contribution in [0.25, 0.3) is 0 Å². The molecule has 0 aromatic carbocycles. The maximum atomic E-state index is 13.1. The second-order valence-electron chi connectivity index (χ2n) is 8.88. The van der Waals surface area contributed by atoms with E-state index in [2.05, 4.69) is 51.8 Å². The Labute approximate surface area is 129 Å². The lowest BCUT2D eigenvalue weighted by atomic mass is 9.67. The van der Waals surface area contributed by atoms with Crippen LogP contribution >= 0.6 is 0 Å². The number of nitrogens with zero attached hydrogens (tertiary/aromatic N) is 1. The molecule has 2 aliphatic carbocycles. The van der Waals surface area contributed by atoms with Gasteiger partial charge in [-0.15, -0.1) is 0 Å². The lowest BCUT2D eigenvalue weighted by Gasteiger charge is -2.49. The normalized spacial score (nSPS) is 45.1. The number of fused-ring (bicyclic) bond motifs is 2. The molecule has 1 amide bonds. The molecule has 1 saturated heterocycles. The summed E-state index contributed by atoms with van der Waals surface area (Å²) in [5, 5.41) is 3.61. The number of hydrogen-bond donors (Lipinski definition) is 1. The third-order valence-corrected chi connectivity index (χ3v) is 6.75. The van der Waals surface area contributed by atoms with E-state index >= 15 is 0 Å². The van der Waals surface area contributed by atoms with E-state index in [1.54, 1.807) is 0 Å². The van der Waals surface area contributed by atoms with Crippen LogP contribution in [0.3, 0.4) is 0 Å². The van der Waals surface area contributed by atoms with Crippen LogP contribution in [-0.2, 0) is 4.79 Å². The van der Waals surface area contributed by atoms with Crippen molar-refractivity contribution in [3.05, 3.63) is 0 Å². The molecule has 5 atom stereocenters. The van der Waals surface area contributed by atoms with Crippen molar-refractivity contribution in [1.82, 2.24) is 10.2 Å². The first-order valence-electron chi connectivity index (χ1n) is 8.80. The van der Waals surface area contributed by atoms with Gasteiger partial charge in [-0.1, -0.05) is 41.5 Å². The zero-order valence-corrected chi connectivity index (χ0v) is 14.6. The Hall–Kier alpha value is -0.570. The molecule has 21 heavy (non-hydrogen) atoms. The Bertz CT molecular complexity index is 440. The minimum Gasteiger partial charge on any atom is -0.322 e. The molecule has 3 heteroatoms. The summed E-state index contributed by atoms with van der Waals surface area (Å²) in [6.45, 7) is 13.7. The van der Waals surface area contributed by atoms with Crippen LogP contribution in [0.4, 0.5) is 0 Å². The first-order chi connectivity index (χ1) is 9.72. The summed E-state index contributed by atoms with van der Waals surface area (Å²) in [7, 11) is 0. The quantitative estimate of drug-likeness (QED) is 0.864. The Balaban J connectivity index is 1.96. The van der Waals surface area contributed by atoms with E-state index in [1.807, 2.05) is 0 Å². The summed E-state index contributed by atoms with van der Waals surface area (Å²) in [4.78, 5) is 15.3. The number of hydrogen-bond acceptors (Lipinski definition) is 2. The van der Waals surface area contributed by atoms with E-state index in [-0.39, 0.29) is 17.6 Å². The molecular formula is C18H32N2O. The molecule has 120 valence electrons. The van der Waals surface area contributed by atoms with Gasteiger partial charge in [-0.05, 0) is 48.3 Å². The predicted octanol–water partition coefficient (Wildman–Crippen LogP) is 3.39. The fourth-order valence-electron chi connectivity index (χ4n) is 5.74. The van der Waals surface area contributed by atoms with Crippen molar-refractivity contribution in [2.24, 2.45) is 22.7 Å². The topological polar surface area (TPSA) is 32.3 Å². The minimum absolute atomic E-state index is 0.00785. The third kappa shape index (κ3) is 1.99. The molecule has 3 rings (SSSR count). The van der Waals surface area contributed by atoms with Gasteiger partial charge in [0, 0.05) is 6.04 Å². The summed E-state index contributed by atoms with van der Waals surface area (Å²) >= 11 is 0. The number of carbonyl (C=O) groups is 1. The summed E-state index contributed by atoms with van der Waals surface area (Å²) in [6.07, 6.45) is 5.17. The van der Waals surface area contributed by atoms with Crippen molar-refractivity contribution in [2.45, 2.75) is 85.5 Å². The molecule has 3 aliphatic rings. The molecule has 2 saturated carbocycles. The Morgan fingerprint density at radius 1 is 1.33 bits per heavy atom. The van der Waals surface area contributed by atoms with E-state index in [1.165, 1.54) is 19.3 Å². The third-order valence-electron chi connectivity index (χ3n) is 6.75. The van der Waals surface area contributed by atoms with Crippen LogP contribution in [0.2, 0.25) is 0 Å². The second-order valence-corrected chi connectivity index (χ2v) is 8.88. The molecule has 0 spiro atoms. The Morgan fingerprint density at radius 2 is 2.00 bits per heavy atom. The van der Waals surface area contributed by atoms with Gasteiger partial charge in [0.2, 0.25) is 5.91 Å². The maximum absolute atomic E-state index is 13.1. The number of carbonyl (C=O) groups excluding carboxylic acids is 1. The average Bonchev–Trinajstić information content (AvgIpc) is 2.97. The van der Waals surface area contributed by atoms with Gasteiger partial charge >= 0.3 is 0 Å². The van der Waals surface area contributed by atoms with Gasteiger partial charge in [-0.3, -0.25) is 10.1 Å². The predicted molar refractivity (Wildman–Crippen MR) is 85.7 cm³/mol. The Morgan fingerprint density at radius 3 is 2.48 bits per heavy atom. The number of amides is 1. The number of rotatable bonds is 3. The van der Waals surface area contributed by atoms with Crippen molar-refractivity contribution >= 4 is 5.91 Å². The molecule has 1 heterocycles. The molecule has 5 unspecified atom stereocenters. The molecule has 0 aromatic rings. The molecule has 0 aromatic heterocycles. The number of nitrogens with one attached hydrogen (secondary N) is 1. The SMILES string of the molecule is CCC1NC(C(C)C)C(=O)N1C1C2(C)CCC(C2)C1(C)C. The zero-order chi connectivity index (χ0) is 15.6. The van der Waals surface area contributed by atoms with Crippen molar-refractivity contribution in [1.29, 1.82) is 0 Å². The molecule has 1 N–H and O–H groups in total. The van der Waals surface area contributed by atoms with Crippen LogP contribution in [-0.4, -0.2) is 29.1 Å². The Kier molecular flexibility index (Phi) is 3.44. The fourth-order valence-corrected chi connectivity index (χ4v) is 5.74. The highest BCUT2D eigenvalue weighted by molar-refractivity contribution is 5.85. The van der Waals surface area contributed by atoms with E-state index < -0.39 is 0 Å². The van der Waals surface area contributed by atoms with E-state index in [9.17, 15) is 4.79 Å². The lowest BCUT2D eigenvalue weighted by molar-refractivity contribution is -0.139. The van der Waals surface area contributed by atoms with Crippen LogP contribution in [0.1, 0.15) is 67.2 Å². The van der Waals surface area contributed by atoms with Gasteiger partial charge in [0.1, 0.15) is 0 Å². The van der Waals surface area contributed by atoms with Crippen molar-refractivity contribution in [3.63, 3.8) is 0 Å². The molecule has 3 nitrogen and oxygen atoms in total. The van der Waals surface area contributed by atoms with Crippen LogP contribution in [0.15, 0.2) is 0 Å². The van der Waals surface area contributed by atoms with E-state index in [0.29, 0.717) is 23.3 Å². The monoisotopic (exact) mass is 292 g/mol. The highest BCUT2D eigenvalue weighted by atomic mass is 16.2. The summed E-state index contributed by atoms with van der Waals surface area (Å²) < 4.78 is 0. The standard InChI is InChI=1S/C18H32N2O/c1-7-13-19-14(11(2)3)15(21)20(13)16-17(4,5)12-8-9-18(16,6)10-12/h11-14,16,19H,7-10H2,1-6H3. The summed E-state index contributed by atoms with van der Waals surface area (Å²) in [6, 6.07) is 0.408. The lowest BCUT2D eigenvalue weighted by Crippen LogP contribution is -2.56. The average molecular weight is 292 g/mol. The molecule has 1 aliphatic heterocycles. The van der Waals surface area contributed by atoms with E-state index in [4.69, 9.17) is 0 Å². The van der Waals surface area contributed by atoms with Crippen LogP contribution in [0.5, 0.6) is 0 Å². The minimum atomic E-state index is 0.00785. The smallest absolute Gasteiger partial charge is 0.241 e. The van der Waals surface area contributed by atoms with Gasteiger partial charge < -0.3 is 4.90 Å². The summed E-state index contributed by atoms with van der Waals surface area (Å²) in [5.41, 5.74) is 0.578. The maximum Gasteiger partial charge on any atom is 0.241 e. The first kappa shape index (κ1) is 15.3. The molecule has 0 radical (unpaired) electrons. The van der Waals surface area contributed by atoms with Crippen molar-refractivity contribution in [3.8, 4) is 0 Å². The van der Waals surface area contributed by atoms with Gasteiger partial charge in [0.15, 0.2) is 0 Å². The first-order valence-corrected chi connectivity index (χ1v) is 8.80. The van der Waals surface area contributed by atoms with Crippen LogP contribution < -0.4 is 5.32 Å². The largest absolute Gasteiger partial charge is 0.322 e. The van der Waals surface area contributed by atoms with Gasteiger partial charge in [0.25, 0.3) is 0 Å². The van der Waals surface area contributed by atoms with Gasteiger partial charge in [-0.2, -0.15) is 0 Å². The zero-order valence-electron chi connectivity index (χ0n) is 14.6. The fraction of sp³-hybridized carbons (Fsp3) is 0.944. The highest BCUT2D eigenvalue weighted by Gasteiger charge is 2.64. The van der Waals surface area contributed by atoms with Crippen LogP contribution in [0, 0.1) is 22.7 Å². The van der Waals surface area contributed by atoms with Crippen molar-refractivity contribution < 1.29 is 4.79 Å².